The predicted molar refractivity (Wildman–Crippen MR) is 66.3 cm³/mol. The second-order valence-electron chi connectivity index (χ2n) is 4.38. The lowest BCUT2D eigenvalue weighted by atomic mass is 10.2. The van der Waals surface area contributed by atoms with E-state index in [4.69, 9.17) is 4.74 Å². The molecule has 0 spiro atoms. The predicted octanol–water partition coefficient (Wildman–Crippen LogP) is 0.367. The summed E-state index contributed by atoms with van der Waals surface area (Å²) in [5, 5.41) is 3.80. The summed E-state index contributed by atoms with van der Waals surface area (Å²) in [7, 11) is 1.69. The summed E-state index contributed by atoms with van der Waals surface area (Å²) >= 11 is 0. The van der Waals surface area contributed by atoms with Crippen molar-refractivity contribution < 1.29 is 4.74 Å². The van der Waals surface area contributed by atoms with Gasteiger partial charge in [-0.3, -0.25) is 4.79 Å². The third-order valence-electron chi connectivity index (χ3n) is 3.25. The Morgan fingerprint density at radius 2 is 2.39 bits per heavy atom. The van der Waals surface area contributed by atoms with E-state index < -0.39 is 0 Å². The van der Waals surface area contributed by atoms with Crippen LogP contribution in [0.3, 0.4) is 0 Å². The van der Waals surface area contributed by atoms with E-state index in [9.17, 15) is 4.79 Å². The lowest BCUT2D eigenvalue weighted by Crippen LogP contribution is -2.21. The van der Waals surface area contributed by atoms with E-state index in [0.717, 1.165) is 13.0 Å². The minimum Gasteiger partial charge on any atom is -0.380 e. The number of hydrogen-bond donors (Lipinski definition) is 2. The molecule has 0 amide bonds. The third kappa shape index (κ3) is 1.89. The first-order valence-corrected chi connectivity index (χ1v) is 5.89. The monoisotopic (exact) mass is 246 g/mol. The summed E-state index contributed by atoms with van der Waals surface area (Å²) in [6.07, 6.45) is 2.61. The number of hydrogen-bond acceptors (Lipinski definition) is 5. The molecule has 1 fully saturated rings. The molecule has 2 N–H and O–H groups in total. The Balaban J connectivity index is 2.01. The number of H-pyrrole nitrogens is 1. The molecule has 2 aromatic rings. The molecule has 1 aliphatic rings. The van der Waals surface area contributed by atoms with Gasteiger partial charge in [0.2, 0.25) is 0 Å². The van der Waals surface area contributed by atoms with E-state index in [2.05, 4.69) is 20.3 Å². The molecule has 0 saturated carbocycles. The summed E-state index contributed by atoms with van der Waals surface area (Å²) in [5.41, 5.74) is 0.338. The van der Waals surface area contributed by atoms with E-state index in [1.165, 1.54) is 0 Å². The SMILES string of the molecule is COC1CNC(c2nc3ncccc3c(=O)[nH]2)C1. The second kappa shape index (κ2) is 4.47. The molecule has 0 radical (unpaired) electrons. The molecule has 0 aromatic carbocycles. The fraction of sp³-hybridized carbons (Fsp3) is 0.417. The maximum absolute atomic E-state index is 11.9. The molecule has 3 heterocycles. The molecule has 1 aliphatic heterocycles. The van der Waals surface area contributed by atoms with Gasteiger partial charge in [-0.15, -0.1) is 0 Å². The largest absolute Gasteiger partial charge is 0.380 e. The number of nitrogens with one attached hydrogen (secondary N) is 2. The van der Waals surface area contributed by atoms with Crippen LogP contribution >= 0.6 is 0 Å². The first-order valence-electron chi connectivity index (χ1n) is 5.89. The number of aromatic nitrogens is 3. The van der Waals surface area contributed by atoms with Gasteiger partial charge < -0.3 is 15.0 Å². The van der Waals surface area contributed by atoms with Crippen LogP contribution in [0.25, 0.3) is 11.0 Å². The molecular formula is C12H14N4O2. The molecule has 3 rings (SSSR count). The zero-order valence-electron chi connectivity index (χ0n) is 10.0. The highest BCUT2D eigenvalue weighted by atomic mass is 16.5. The molecule has 18 heavy (non-hydrogen) atoms. The molecular weight excluding hydrogens is 232 g/mol. The molecule has 2 atom stereocenters. The van der Waals surface area contributed by atoms with Crippen molar-refractivity contribution in [3.8, 4) is 0 Å². The average molecular weight is 246 g/mol. The zero-order valence-corrected chi connectivity index (χ0v) is 10.0. The molecule has 94 valence electrons. The van der Waals surface area contributed by atoms with Crippen molar-refractivity contribution in [3.63, 3.8) is 0 Å². The second-order valence-corrected chi connectivity index (χ2v) is 4.38. The van der Waals surface area contributed by atoms with Gasteiger partial charge >= 0.3 is 0 Å². The van der Waals surface area contributed by atoms with Gasteiger partial charge in [0.25, 0.3) is 5.56 Å². The molecule has 6 nitrogen and oxygen atoms in total. The topological polar surface area (TPSA) is 79.9 Å². The van der Waals surface area contributed by atoms with E-state index >= 15 is 0 Å². The Morgan fingerprint density at radius 1 is 1.50 bits per heavy atom. The maximum atomic E-state index is 11.9. The third-order valence-corrected chi connectivity index (χ3v) is 3.25. The number of nitrogens with zero attached hydrogens (tertiary/aromatic N) is 2. The van der Waals surface area contributed by atoms with E-state index in [-0.39, 0.29) is 17.7 Å². The van der Waals surface area contributed by atoms with Crippen molar-refractivity contribution in [2.75, 3.05) is 13.7 Å². The van der Waals surface area contributed by atoms with Gasteiger partial charge in [0.1, 0.15) is 5.82 Å². The number of ether oxygens (including phenoxy) is 1. The molecule has 6 heteroatoms. The summed E-state index contributed by atoms with van der Waals surface area (Å²) in [4.78, 5) is 23.3. The van der Waals surface area contributed by atoms with E-state index in [1.807, 2.05) is 0 Å². The highest BCUT2D eigenvalue weighted by Gasteiger charge is 2.27. The number of pyridine rings is 1. The van der Waals surface area contributed by atoms with Gasteiger partial charge in [0, 0.05) is 19.9 Å². The fourth-order valence-corrected chi connectivity index (χ4v) is 2.25. The van der Waals surface area contributed by atoms with Crippen LogP contribution in [-0.4, -0.2) is 34.7 Å². The molecule has 1 saturated heterocycles. The van der Waals surface area contributed by atoms with Crippen LogP contribution in [0.5, 0.6) is 0 Å². The lowest BCUT2D eigenvalue weighted by Gasteiger charge is -2.09. The Hall–Kier alpha value is -1.79. The van der Waals surface area contributed by atoms with Gasteiger partial charge in [0.15, 0.2) is 5.65 Å². The standard InChI is InChI=1S/C12H14N4O2/c1-18-7-5-9(14-6-7)11-15-10-8(12(17)16-11)3-2-4-13-10/h2-4,7,9,14H,5-6H2,1H3,(H,13,15,16,17). The lowest BCUT2D eigenvalue weighted by molar-refractivity contribution is 0.117. The number of fused-ring (bicyclic) bond motifs is 1. The Morgan fingerprint density at radius 3 is 3.17 bits per heavy atom. The minimum absolute atomic E-state index is 0.0223. The first-order chi connectivity index (χ1) is 8.78. The van der Waals surface area contributed by atoms with Gasteiger partial charge in [-0.25, -0.2) is 9.97 Å². The van der Waals surface area contributed by atoms with Gasteiger partial charge in [-0.1, -0.05) is 0 Å². The molecule has 2 aromatic heterocycles. The summed E-state index contributed by atoms with van der Waals surface area (Å²) in [6.45, 7) is 0.769. The fourth-order valence-electron chi connectivity index (χ4n) is 2.25. The minimum atomic E-state index is -0.147. The van der Waals surface area contributed by atoms with Crippen molar-refractivity contribution >= 4 is 11.0 Å². The van der Waals surface area contributed by atoms with Crippen LogP contribution in [0.15, 0.2) is 23.1 Å². The summed E-state index contributed by atoms with van der Waals surface area (Å²) in [6, 6.07) is 3.47. The molecule has 0 bridgehead atoms. The average Bonchev–Trinajstić information content (AvgIpc) is 2.87. The van der Waals surface area contributed by atoms with Crippen LogP contribution in [0.1, 0.15) is 18.3 Å². The van der Waals surface area contributed by atoms with Crippen molar-refractivity contribution in [1.29, 1.82) is 0 Å². The summed E-state index contributed by atoms with van der Waals surface area (Å²) < 4.78 is 5.28. The Bertz CT molecular complexity index is 625. The first kappa shape index (κ1) is 11.3. The Kier molecular flexibility index (Phi) is 2.81. The van der Waals surface area contributed by atoms with Crippen LogP contribution in [-0.2, 0) is 4.74 Å². The van der Waals surface area contributed by atoms with Crippen molar-refractivity contribution in [2.45, 2.75) is 18.6 Å². The van der Waals surface area contributed by atoms with Crippen LogP contribution in [0, 0.1) is 0 Å². The van der Waals surface area contributed by atoms with Crippen LogP contribution in [0.4, 0.5) is 0 Å². The Labute approximate surface area is 103 Å². The number of aromatic amines is 1. The van der Waals surface area contributed by atoms with E-state index in [0.29, 0.717) is 16.9 Å². The normalized spacial score (nSPS) is 23.6. The highest BCUT2D eigenvalue weighted by molar-refractivity contribution is 5.72. The number of rotatable bonds is 2. The van der Waals surface area contributed by atoms with Gasteiger partial charge in [-0.05, 0) is 18.6 Å². The molecule has 2 unspecified atom stereocenters. The van der Waals surface area contributed by atoms with E-state index in [1.54, 1.807) is 25.4 Å². The quantitative estimate of drug-likeness (QED) is 0.800. The zero-order chi connectivity index (χ0) is 12.5. The van der Waals surface area contributed by atoms with Crippen LogP contribution in [0.2, 0.25) is 0 Å². The van der Waals surface area contributed by atoms with Crippen molar-refractivity contribution in [3.05, 3.63) is 34.5 Å². The number of methoxy groups -OCH3 is 1. The summed E-state index contributed by atoms with van der Waals surface area (Å²) in [5.74, 6) is 0.630. The molecule has 0 aliphatic carbocycles. The van der Waals surface area contributed by atoms with Crippen molar-refractivity contribution in [2.24, 2.45) is 0 Å². The van der Waals surface area contributed by atoms with Crippen molar-refractivity contribution in [1.82, 2.24) is 20.3 Å². The van der Waals surface area contributed by atoms with Crippen LogP contribution < -0.4 is 10.9 Å². The smallest absolute Gasteiger partial charge is 0.260 e. The highest BCUT2D eigenvalue weighted by Crippen LogP contribution is 2.21. The van der Waals surface area contributed by atoms with Gasteiger partial charge in [-0.2, -0.15) is 0 Å². The van der Waals surface area contributed by atoms with Gasteiger partial charge in [0.05, 0.1) is 17.5 Å². The maximum Gasteiger partial charge on any atom is 0.260 e.